The Morgan fingerprint density at radius 3 is 2.47 bits per heavy atom. The topological polar surface area (TPSA) is 47.2 Å². The minimum absolute atomic E-state index is 1.05. The molecule has 0 spiro atoms. The lowest BCUT2D eigenvalue weighted by Crippen LogP contribution is -2.43. The van der Waals surface area contributed by atoms with E-state index >= 15 is 0 Å². The molecule has 94 valence electrons. The minimum Gasteiger partial charge on any atom is -0.354 e. The van der Waals surface area contributed by atoms with E-state index in [4.69, 9.17) is 0 Å². The molecule has 2 saturated heterocycles. The Labute approximate surface area is 102 Å². The number of anilines is 2. The van der Waals surface area contributed by atoms with E-state index < -0.39 is 0 Å². The molecule has 2 aliphatic heterocycles. The number of nitrogens with zero attached hydrogens (tertiary/aromatic N) is 3. The quantitative estimate of drug-likeness (QED) is 0.796. The summed E-state index contributed by atoms with van der Waals surface area (Å²) in [5, 5.41) is 3.37. The van der Waals surface area contributed by atoms with Crippen molar-refractivity contribution in [3.05, 3.63) is 6.20 Å². The van der Waals surface area contributed by atoms with Crippen molar-refractivity contribution in [1.82, 2.24) is 15.3 Å². The highest BCUT2D eigenvalue weighted by molar-refractivity contribution is 5.45. The maximum atomic E-state index is 4.52. The summed E-state index contributed by atoms with van der Waals surface area (Å²) in [7, 11) is 0. The van der Waals surface area contributed by atoms with Gasteiger partial charge in [0, 0.05) is 39.3 Å². The molecule has 1 aromatic heterocycles. The van der Waals surface area contributed by atoms with Gasteiger partial charge in [-0.15, -0.1) is 0 Å². The Balaban J connectivity index is 1.68. The number of piperazine rings is 1. The normalized spacial score (nSPS) is 21.9. The molecule has 0 radical (unpaired) electrons. The molecule has 5 nitrogen and oxygen atoms in total. The Bertz CT molecular complexity index is 317. The fourth-order valence-electron chi connectivity index (χ4n) is 2.63. The average molecular weight is 235 g/mol. The molecular formula is C12H21N5. The number of imidazole rings is 1. The van der Waals surface area contributed by atoms with Crippen LogP contribution in [0.4, 0.5) is 11.8 Å². The number of piperidine rings is 1. The van der Waals surface area contributed by atoms with Gasteiger partial charge in [0.15, 0.2) is 0 Å². The predicted molar refractivity (Wildman–Crippen MR) is 69.7 cm³/mol. The van der Waals surface area contributed by atoms with Crippen LogP contribution in [0.2, 0.25) is 0 Å². The lowest BCUT2D eigenvalue weighted by Gasteiger charge is -2.28. The van der Waals surface area contributed by atoms with Crippen LogP contribution in [0.15, 0.2) is 6.20 Å². The molecule has 0 aromatic carbocycles. The highest BCUT2D eigenvalue weighted by atomic mass is 15.3. The summed E-state index contributed by atoms with van der Waals surface area (Å²) in [6.07, 6.45) is 5.93. The van der Waals surface area contributed by atoms with Gasteiger partial charge < -0.3 is 20.1 Å². The molecule has 0 unspecified atom stereocenters. The second-order valence-corrected chi connectivity index (χ2v) is 4.88. The van der Waals surface area contributed by atoms with Crippen molar-refractivity contribution in [2.45, 2.75) is 19.3 Å². The van der Waals surface area contributed by atoms with Crippen LogP contribution in [0.1, 0.15) is 19.3 Å². The van der Waals surface area contributed by atoms with Crippen LogP contribution in [-0.4, -0.2) is 49.2 Å². The number of aromatic amines is 1. The number of hydrogen-bond donors (Lipinski definition) is 2. The smallest absolute Gasteiger partial charge is 0.204 e. The Morgan fingerprint density at radius 2 is 1.71 bits per heavy atom. The fraction of sp³-hybridized carbons (Fsp3) is 0.750. The molecule has 17 heavy (non-hydrogen) atoms. The SMILES string of the molecule is c1nc(N2CCCCC2)[nH]c1N1CCNCC1. The van der Waals surface area contributed by atoms with Crippen LogP contribution >= 0.6 is 0 Å². The third kappa shape index (κ3) is 2.39. The third-order valence-corrected chi connectivity index (χ3v) is 3.66. The lowest BCUT2D eigenvalue weighted by molar-refractivity contribution is 0.568. The molecule has 0 aliphatic carbocycles. The van der Waals surface area contributed by atoms with Crippen molar-refractivity contribution < 1.29 is 0 Å². The molecule has 2 aliphatic rings. The van der Waals surface area contributed by atoms with Gasteiger partial charge in [0.05, 0.1) is 6.20 Å². The first-order chi connectivity index (χ1) is 8.43. The Kier molecular flexibility index (Phi) is 3.18. The largest absolute Gasteiger partial charge is 0.354 e. The zero-order valence-corrected chi connectivity index (χ0v) is 10.3. The summed E-state index contributed by atoms with van der Waals surface area (Å²) in [6.45, 7) is 6.57. The van der Waals surface area contributed by atoms with Crippen LogP contribution in [-0.2, 0) is 0 Å². The first-order valence-corrected chi connectivity index (χ1v) is 6.69. The van der Waals surface area contributed by atoms with Crippen molar-refractivity contribution in [2.24, 2.45) is 0 Å². The van der Waals surface area contributed by atoms with E-state index in [1.54, 1.807) is 0 Å². The molecular weight excluding hydrogens is 214 g/mol. The summed E-state index contributed by atoms with van der Waals surface area (Å²) in [5.41, 5.74) is 0. The first kappa shape index (κ1) is 10.9. The van der Waals surface area contributed by atoms with Crippen LogP contribution < -0.4 is 15.1 Å². The molecule has 0 atom stereocenters. The average Bonchev–Trinajstić information content (AvgIpc) is 2.90. The highest BCUT2D eigenvalue weighted by Crippen LogP contribution is 2.20. The van der Waals surface area contributed by atoms with Gasteiger partial charge in [-0.25, -0.2) is 4.98 Å². The van der Waals surface area contributed by atoms with Gasteiger partial charge >= 0.3 is 0 Å². The first-order valence-electron chi connectivity index (χ1n) is 6.69. The lowest BCUT2D eigenvalue weighted by atomic mass is 10.1. The number of rotatable bonds is 2. The standard InChI is InChI=1S/C12H21N5/c1-2-6-17(7-3-1)12-14-10-11(15-12)16-8-4-13-5-9-16/h10,13H,1-9H2,(H,14,15). The van der Waals surface area contributed by atoms with E-state index in [9.17, 15) is 0 Å². The van der Waals surface area contributed by atoms with Gasteiger partial charge in [0.25, 0.3) is 0 Å². The number of nitrogens with one attached hydrogen (secondary N) is 2. The van der Waals surface area contributed by atoms with Gasteiger partial charge in [-0.2, -0.15) is 0 Å². The molecule has 3 heterocycles. The number of aromatic nitrogens is 2. The van der Waals surface area contributed by atoms with Crippen molar-refractivity contribution >= 4 is 11.8 Å². The van der Waals surface area contributed by atoms with Crippen molar-refractivity contribution in [2.75, 3.05) is 49.1 Å². The van der Waals surface area contributed by atoms with Crippen LogP contribution in [0.3, 0.4) is 0 Å². The zero-order valence-electron chi connectivity index (χ0n) is 10.3. The molecule has 2 fully saturated rings. The van der Waals surface area contributed by atoms with E-state index in [1.807, 2.05) is 6.20 Å². The molecule has 5 heteroatoms. The molecule has 0 bridgehead atoms. The second-order valence-electron chi connectivity index (χ2n) is 4.88. The number of H-pyrrole nitrogens is 1. The highest BCUT2D eigenvalue weighted by Gasteiger charge is 2.17. The van der Waals surface area contributed by atoms with Gasteiger partial charge in [0.1, 0.15) is 5.82 Å². The summed E-state index contributed by atoms with van der Waals surface area (Å²) in [6, 6.07) is 0. The zero-order chi connectivity index (χ0) is 11.5. The predicted octanol–water partition coefficient (Wildman–Crippen LogP) is 0.810. The molecule has 0 saturated carbocycles. The third-order valence-electron chi connectivity index (χ3n) is 3.66. The van der Waals surface area contributed by atoms with Crippen molar-refractivity contribution in [3.63, 3.8) is 0 Å². The molecule has 2 N–H and O–H groups in total. The summed E-state index contributed by atoms with van der Waals surface area (Å²) in [4.78, 5) is 12.7. The van der Waals surface area contributed by atoms with Crippen LogP contribution in [0, 0.1) is 0 Å². The summed E-state index contributed by atoms with van der Waals surface area (Å²) in [5.74, 6) is 2.23. The Hall–Kier alpha value is -1.23. The van der Waals surface area contributed by atoms with Crippen LogP contribution in [0.5, 0.6) is 0 Å². The number of hydrogen-bond acceptors (Lipinski definition) is 4. The van der Waals surface area contributed by atoms with E-state index in [1.165, 1.54) is 25.1 Å². The van der Waals surface area contributed by atoms with Crippen molar-refractivity contribution in [3.8, 4) is 0 Å². The van der Waals surface area contributed by atoms with E-state index in [0.29, 0.717) is 0 Å². The van der Waals surface area contributed by atoms with Gasteiger partial charge in [-0.3, -0.25) is 0 Å². The van der Waals surface area contributed by atoms with Gasteiger partial charge in [-0.1, -0.05) is 0 Å². The molecule has 0 amide bonds. The molecule has 1 aromatic rings. The summed E-state index contributed by atoms with van der Waals surface area (Å²) < 4.78 is 0. The summed E-state index contributed by atoms with van der Waals surface area (Å²) >= 11 is 0. The van der Waals surface area contributed by atoms with Crippen LogP contribution in [0.25, 0.3) is 0 Å². The van der Waals surface area contributed by atoms with Crippen molar-refractivity contribution in [1.29, 1.82) is 0 Å². The maximum absolute atomic E-state index is 4.52. The molecule has 3 rings (SSSR count). The Morgan fingerprint density at radius 1 is 0.941 bits per heavy atom. The fourth-order valence-corrected chi connectivity index (χ4v) is 2.63. The monoisotopic (exact) mass is 235 g/mol. The maximum Gasteiger partial charge on any atom is 0.204 e. The minimum atomic E-state index is 1.05. The van der Waals surface area contributed by atoms with Gasteiger partial charge in [-0.05, 0) is 19.3 Å². The second kappa shape index (κ2) is 4.96. The van der Waals surface area contributed by atoms with E-state index in [0.717, 1.165) is 45.2 Å². The van der Waals surface area contributed by atoms with E-state index in [2.05, 4.69) is 25.1 Å². The van der Waals surface area contributed by atoms with E-state index in [-0.39, 0.29) is 0 Å². The van der Waals surface area contributed by atoms with Gasteiger partial charge in [0.2, 0.25) is 5.95 Å².